The monoisotopic (exact) mass is 292 g/mol. The third-order valence-electron chi connectivity index (χ3n) is 3.45. The lowest BCUT2D eigenvalue weighted by Crippen LogP contribution is -2.33. The van der Waals surface area contributed by atoms with Gasteiger partial charge >= 0.3 is 0 Å². The molecule has 108 valence electrons. The van der Waals surface area contributed by atoms with Crippen molar-refractivity contribution in [1.82, 2.24) is 0 Å². The van der Waals surface area contributed by atoms with E-state index in [2.05, 4.69) is 0 Å². The minimum Gasteiger partial charge on any atom is -0.301 e. The summed E-state index contributed by atoms with van der Waals surface area (Å²) in [5, 5.41) is 0. The lowest BCUT2D eigenvalue weighted by atomic mass is 10.2. The van der Waals surface area contributed by atoms with Crippen LogP contribution in [-0.4, -0.2) is 13.3 Å². The summed E-state index contributed by atoms with van der Waals surface area (Å²) in [7, 11) is -5.04. The van der Waals surface area contributed by atoms with Crippen LogP contribution >= 0.6 is 0 Å². The van der Waals surface area contributed by atoms with Crippen LogP contribution in [0.15, 0.2) is 46.2 Å². The number of hydrogen-bond acceptors (Lipinski definition) is 1. The van der Waals surface area contributed by atoms with Crippen LogP contribution in [0, 0.1) is 27.7 Å². The van der Waals surface area contributed by atoms with Crippen LogP contribution in [0.3, 0.4) is 0 Å². The minimum atomic E-state index is -5.04. The normalized spacial score (nSPS) is 13.8. The first-order valence-electron chi connectivity index (χ1n) is 6.42. The molecule has 0 fully saturated rings. The summed E-state index contributed by atoms with van der Waals surface area (Å²) in [5.74, 6) is 0. The first kappa shape index (κ1) is 14.9. The van der Waals surface area contributed by atoms with Crippen LogP contribution in [0.2, 0.25) is 0 Å². The Morgan fingerprint density at radius 2 is 1.10 bits per heavy atom. The van der Waals surface area contributed by atoms with Gasteiger partial charge in [0.2, 0.25) is 0 Å². The highest BCUT2D eigenvalue weighted by molar-refractivity contribution is 8.10. The average Bonchev–Trinajstić information content (AvgIpc) is 2.26. The minimum absolute atomic E-state index is 0.0690. The van der Waals surface area contributed by atoms with E-state index in [1.165, 1.54) is 12.1 Å². The summed E-state index contributed by atoms with van der Waals surface area (Å²) in [4.78, 5) is 0.138. The van der Waals surface area contributed by atoms with E-state index in [1.807, 2.05) is 13.8 Å². The van der Waals surface area contributed by atoms with Gasteiger partial charge in [-0.25, -0.2) is 4.21 Å². The Balaban J connectivity index is 2.76. The molecule has 0 unspecified atom stereocenters. The molecule has 0 aliphatic heterocycles. The molecule has 0 aliphatic rings. The Hall–Kier alpha value is -1.49. The average molecular weight is 292 g/mol. The number of hydrogen-bond donors (Lipinski definition) is 2. The molecule has 2 N–H and O–H groups in total. The highest BCUT2D eigenvalue weighted by Crippen LogP contribution is 2.41. The Morgan fingerprint density at radius 1 is 0.750 bits per heavy atom. The predicted molar refractivity (Wildman–Crippen MR) is 81.8 cm³/mol. The van der Waals surface area contributed by atoms with E-state index >= 15 is 0 Å². The SMILES string of the molecule is Cc1ccc(S(=O)(O)(O)c2ccc(C)cc2C)c(C)c1. The lowest BCUT2D eigenvalue weighted by molar-refractivity contribution is 0.388. The molecule has 0 aliphatic carbocycles. The van der Waals surface area contributed by atoms with E-state index in [9.17, 15) is 13.3 Å². The maximum Gasteiger partial charge on any atom is 0.136 e. The summed E-state index contributed by atoms with van der Waals surface area (Å²) in [6, 6.07) is 10.1. The Kier molecular flexibility index (Phi) is 3.37. The van der Waals surface area contributed by atoms with Crippen LogP contribution < -0.4 is 0 Å². The maximum atomic E-state index is 13.0. The van der Waals surface area contributed by atoms with Crippen molar-refractivity contribution in [2.24, 2.45) is 0 Å². The zero-order chi connectivity index (χ0) is 15.2. The molecule has 0 spiro atoms. The number of aryl methyl sites for hydroxylation is 4. The van der Waals surface area contributed by atoms with Crippen LogP contribution in [0.5, 0.6) is 0 Å². The Morgan fingerprint density at radius 3 is 1.40 bits per heavy atom. The van der Waals surface area contributed by atoms with Gasteiger partial charge in [-0.3, -0.25) is 0 Å². The Bertz CT molecular complexity index is 684. The standard InChI is InChI=1S/C16H20O3S/c1-11-5-7-15(13(3)9-11)20(17,18,19)16-8-6-12(2)10-14(16)4/h5-10H,1-4H3,(H2,17,18,19). The van der Waals surface area contributed by atoms with Gasteiger partial charge in [0.25, 0.3) is 0 Å². The molecule has 20 heavy (non-hydrogen) atoms. The van der Waals surface area contributed by atoms with Crippen LogP contribution in [0.1, 0.15) is 22.3 Å². The van der Waals surface area contributed by atoms with Crippen molar-refractivity contribution in [2.45, 2.75) is 37.5 Å². The molecule has 2 rings (SSSR count). The summed E-state index contributed by atoms with van der Waals surface area (Å²) < 4.78 is 34.1. The van der Waals surface area contributed by atoms with Gasteiger partial charge in [-0.05, 0) is 51.0 Å². The fourth-order valence-electron chi connectivity index (χ4n) is 2.54. The zero-order valence-corrected chi connectivity index (χ0v) is 13.0. The van der Waals surface area contributed by atoms with Crippen molar-refractivity contribution in [2.75, 3.05) is 0 Å². The molecule has 0 saturated heterocycles. The number of benzene rings is 2. The van der Waals surface area contributed by atoms with Crippen molar-refractivity contribution in [3.05, 3.63) is 58.7 Å². The molecule has 0 atom stereocenters. The molecular weight excluding hydrogens is 272 g/mol. The zero-order valence-electron chi connectivity index (χ0n) is 12.2. The van der Waals surface area contributed by atoms with Crippen molar-refractivity contribution < 1.29 is 13.3 Å². The lowest BCUT2D eigenvalue weighted by Gasteiger charge is -2.34. The van der Waals surface area contributed by atoms with Gasteiger partial charge in [0.15, 0.2) is 0 Å². The fraction of sp³-hybridized carbons (Fsp3) is 0.250. The highest BCUT2D eigenvalue weighted by atomic mass is 32.3. The molecule has 0 amide bonds. The van der Waals surface area contributed by atoms with E-state index in [-0.39, 0.29) is 9.79 Å². The molecule has 0 heterocycles. The molecule has 0 saturated carbocycles. The Labute approximate surface area is 119 Å². The van der Waals surface area contributed by atoms with E-state index in [1.54, 1.807) is 38.1 Å². The molecule has 4 heteroatoms. The fourth-order valence-corrected chi connectivity index (χ4v) is 4.69. The van der Waals surface area contributed by atoms with Crippen molar-refractivity contribution >= 4 is 9.63 Å². The van der Waals surface area contributed by atoms with E-state index in [4.69, 9.17) is 0 Å². The van der Waals surface area contributed by atoms with Crippen LogP contribution in [0.25, 0.3) is 0 Å². The van der Waals surface area contributed by atoms with Gasteiger partial charge in [0, 0.05) is 0 Å². The second kappa shape index (κ2) is 4.52. The highest BCUT2D eigenvalue weighted by Gasteiger charge is 2.38. The van der Waals surface area contributed by atoms with E-state index in [0.29, 0.717) is 11.1 Å². The molecule has 0 aromatic heterocycles. The molecule has 0 radical (unpaired) electrons. The molecular formula is C16H20O3S. The summed E-state index contributed by atoms with van der Waals surface area (Å²) in [6.07, 6.45) is 0. The smallest absolute Gasteiger partial charge is 0.136 e. The van der Waals surface area contributed by atoms with E-state index in [0.717, 1.165) is 11.1 Å². The summed E-state index contributed by atoms with van der Waals surface area (Å²) >= 11 is 0. The third kappa shape index (κ3) is 2.42. The van der Waals surface area contributed by atoms with Gasteiger partial charge in [-0.1, -0.05) is 35.4 Å². The summed E-state index contributed by atoms with van der Waals surface area (Å²) in [6.45, 7) is 7.26. The second-order valence-electron chi connectivity index (χ2n) is 5.40. The first-order valence-corrected chi connectivity index (χ1v) is 8.30. The molecule has 3 nitrogen and oxygen atoms in total. The van der Waals surface area contributed by atoms with Crippen molar-refractivity contribution in [3.8, 4) is 0 Å². The maximum absolute atomic E-state index is 13.0. The number of rotatable bonds is 2. The largest absolute Gasteiger partial charge is 0.301 e. The van der Waals surface area contributed by atoms with Gasteiger partial charge in [-0.15, -0.1) is 0 Å². The van der Waals surface area contributed by atoms with Gasteiger partial charge in [-0.2, -0.15) is 0 Å². The van der Waals surface area contributed by atoms with Gasteiger partial charge in [0.1, 0.15) is 9.63 Å². The van der Waals surface area contributed by atoms with Crippen LogP contribution in [0.4, 0.5) is 0 Å². The van der Waals surface area contributed by atoms with Gasteiger partial charge < -0.3 is 9.11 Å². The predicted octanol–water partition coefficient (Wildman–Crippen LogP) is 4.10. The topological polar surface area (TPSA) is 57.5 Å². The first-order chi connectivity index (χ1) is 9.10. The molecule has 2 aromatic rings. The van der Waals surface area contributed by atoms with Gasteiger partial charge in [0.05, 0.1) is 9.79 Å². The van der Waals surface area contributed by atoms with Crippen molar-refractivity contribution in [1.29, 1.82) is 0 Å². The second-order valence-corrected chi connectivity index (χ2v) is 8.01. The van der Waals surface area contributed by atoms with Crippen LogP contribution in [-0.2, 0) is 9.63 Å². The quantitative estimate of drug-likeness (QED) is 0.876. The summed E-state index contributed by atoms with van der Waals surface area (Å²) in [5.41, 5.74) is 3.17. The van der Waals surface area contributed by atoms with E-state index < -0.39 is 9.63 Å². The third-order valence-corrected chi connectivity index (χ3v) is 5.96. The van der Waals surface area contributed by atoms with Crippen molar-refractivity contribution in [3.63, 3.8) is 0 Å². The molecule has 0 bridgehead atoms. The molecule has 2 aromatic carbocycles.